The Morgan fingerprint density at radius 1 is 1.52 bits per heavy atom. The standard InChI is InChI=1S/C16H18F2N4O/c1-10-19-4-5-22(10)15-3-2-11(6-13(15)18)8-21-16(23)14-7-12(17)9-20-14/h2-6,12,14,20H,7-9H2,1H3,(H,21,23)/t12-,14+/m0/s1. The van der Waals surface area contributed by atoms with E-state index in [2.05, 4.69) is 15.6 Å². The Bertz CT molecular complexity index is 716. The summed E-state index contributed by atoms with van der Waals surface area (Å²) in [5.41, 5.74) is 1.06. The number of amides is 1. The summed E-state index contributed by atoms with van der Waals surface area (Å²) in [7, 11) is 0. The SMILES string of the molecule is Cc1nccn1-c1ccc(CNC(=O)[C@H]2C[C@H](F)CN2)cc1F. The van der Waals surface area contributed by atoms with E-state index in [0.717, 1.165) is 0 Å². The van der Waals surface area contributed by atoms with Gasteiger partial charge < -0.3 is 15.2 Å². The lowest BCUT2D eigenvalue weighted by molar-refractivity contribution is -0.123. The number of carbonyl (C=O) groups is 1. The normalized spacial score (nSPS) is 20.7. The molecule has 2 aromatic rings. The molecule has 1 saturated heterocycles. The van der Waals surface area contributed by atoms with Crippen molar-refractivity contribution in [3.63, 3.8) is 0 Å². The summed E-state index contributed by atoms with van der Waals surface area (Å²) in [5.74, 6) is 0.0405. The molecule has 0 saturated carbocycles. The number of aryl methyl sites for hydroxylation is 1. The van der Waals surface area contributed by atoms with Gasteiger partial charge in [-0.25, -0.2) is 13.8 Å². The third kappa shape index (κ3) is 3.39. The second-order valence-corrected chi connectivity index (χ2v) is 5.64. The number of nitrogens with zero attached hydrogens (tertiary/aromatic N) is 2. The van der Waals surface area contributed by atoms with Gasteiger partial charge in [-0.15, -0.1) is 0 Å². The maximum Gasteiger partial charge on any atom is 0.237 e. The molecule has 2 N–H and O–H groups in total. The zero-order valence-electron chi connectivity index (χ0n) is 12.7. The fourth-order valence-electron chi connectivity index (χ4n) is 2.69. The molecule has 0 bridgehead atoms. The van der Waals surface area contributed by atoms with Crippen LogP contribution in [0.5, 0.6) is 0 Å². The first kappa shape index (κ1) is 15.6. The summed E-state index contributed by atoms with van der Waals surface area (Å²) < 4.78 is 29.0. The summed E-state index contributed by atoms with van der Waals surface area (Å²) in [5, 5.41) is 5.52. The van der Waals surface area contributed by atoms with Crippen molar-refractivity contribution < 1.29 is 13.6 Å². The number of alkyl halides is 1. The summed E-state index contributed by atoms with van der Waals surface area (Å²) in [6.07, 6.45) is 2.49. The summed E-state index contributed by atoms with van der Waals surface area (Å²) in [4.78, 5) is 16.0. The molecule has 1 aromatic heterocycles. The van der Waals surface area contributed by atoms with Crippen molar-refractivity contribution in [2.45, 2.75) is 32.1 Å². The van der Waals surface area contributed by atoms with E-state index in [1.807, 2.05) is 0 Å². The molecule has 1 amide bonds. The van der Waals surface area contributed by atoms with Crippen molar-refractivity contribution in [1.29, 1.82) is 0 Å². The van der Waals surface area contributed by atoms with Gasteiger partial charge in [0.1, 0.15) is 17.8 Å². The van der Waals surface area contributed by atoms with Crippen LogP contribution in [0.2, 0.25) is 0 Å². The van der Waals surface area contributed by atoms with E-state index < -0.39 is 12.2 Å². The highest BCUT2D eigenvalue weighted by molar-refractivity contribution is 5.82. The Morgan fingerprint density at radius 2 is 2.35 bits per heavy atom. The van der Waals surface area contributed by atoms with Gasteiger partial charge in [0, 0.05) is 31.9 Å². The molecule has 5 nitrogen and oxygen atoms in total. The summed E-state index contributed by atoms with van der Waals surface area (Å²) in [6, 6.07) is 4.27. The molecule has 2 atom stereocenters. The first-order valence-corrected chi connectivity index (χ1v) is 7.48. The smallest absolute Gasteiger partial charge is 0.237 e. The van der Waals surface area contributed by atoms with Crippen LogP contribution < -0.4 is 10.6 Å². The Morgan fingerprint density at radius 3 is 2.96 bits per heavy atom. The molecule has 122 valence electrons. The minimum Gasteiger partial charge on any atom is -0.351 e. The quantitative estimate of drug-likeness (QED) is 0.900. The second kappa shape index (κ2) is 6.45. The highest BCUT2D eigenvalue weighted by Gasteiger charge is 2.28. The maximum atomic E-state index is 14.2. The topological polar surface area (TPSA) is 59.0 Å². The molecule has 0 aliphatic carbocycles. The average molecular weight is 320 g/mol. The van der Waals surface area contributed by atoms with Crippen molar-refractivity contribution in [1.82, 2.24) is 20.2 Å². The van der Waals surface area contributed by atoms with E-state index in [-0.39, 0.29) is 31.2 Å². The van der Waals surface area contributed by atoms with E-state index in [0.29, 0.717) is 17.1 Å². The largest absolute Gasteiger partial charge is 0.351 e. The van der Waals surface area contributed by atoms with Crippen LogP contribution in [0, 0.1) is 12.7 Å². The molecule has 1 aliphatic rings. The van der Waals surface area contributed by atoms with Gasteiger partial charge in [0.15, 0.2) is 0 Å². The number of rotatable bonds is 4. The Balaban J connectivity index is 1.64. The van der Waals surface area contributed by atoms with Crippen molar-refractivity contribution in [2.24, 2.45) is 0 Å². The van der Waals surface area contributed by atoms with Crippen LogP contribution in [-0.4, -0.2) is 34.2 Å². The zero-order chi connectivity index (χ0) is 16.4. The maximum absolute atomic E-state index is 14.2. The fourth-order valence-corrected chi connectivity index (χ4v) is 2.69. The Kier molecular flexibility index (Phi) is 4.38. The number of carbonyl (C=O) groups excluding carboxylic acids is 1. The number of benzene rings is 1. The van der Waals surface area contributed by atoms with E-state index >= 15 is 0 Å². The predicted molar refractivity (Wildman–Crippen MR) is 81.4 cm³/mol. The van der Waals surface area contributed by atoms with Gasteiger partial charge >= 0.3 is 0 Å². The minimum absolute atomic E-state index is 0.180. The van der Waals surface area contributed by atoms with Crippen molar-refractivity contribution >= 4 is 5.91 Å². The van der Waals surface area contributed by atoms with Crippen LogP contribution in [-0.2, 0) is 11.3 Å². The molecule has 0 radical (unpaired) electrons. The molecule has 1 fully saturated rings. The Labute approximate surface area is 132 Å². The molecule has 1 aliphatic heterocycles. The van der Waals surface area contributed by atoms with Crippen LogP contribution in [0.15, 0.2) is 30.6 Å². The number of hydrogen-bond acceptors (Lipinski definition) is 3. The Hall–Kier alpha value is -2.28. The molecular weight excluding hydrogens is 302 g/mol. The van der Waals surface area contributed by atoms with Gasteiger partial charge in [0.25, 0.3) is 0 Å². The van der Waals surface area contributed by atoms with Crippen molar-refractivity contribution in [3.8, 4) is 5.69 Å². The minimum atomic E-state index is -0.985. The lowest BCUT2D eigenvalue weighted by atomic mass is 10.1. The summed E-state index contributed by atoms with van der Waals surface area (Å²) in [6.45, 7) is 2.19. The van der Waals surface area contributed by atoms with Gasteiger partial charge in [0.05, 0.1) is 11.7 Å². The molecule has 3 rings (SSSR count). The third-order valence-electron chi connectivity index (χ3n) is 3.96. The molecular formula is C16H18F2N4O. The number of halogens is 2. The fraction of sp³-hybridized carbons (Fsp3) is 0.375. The lowest BCUT2D eigenvalue weighted by Crippen LogP contribution is -2.40. The van der Waals surface area contributed by atoms with Crippen molar-refractivity contribution in [2.75, 3.05) is 6.54 Å². The number of hydrogen-bond donors (Lipinski definition) is 2. The molecule has 0 spiro atoms. The van der Waals surface area contributed by atoms with Crippen LogP contribution in [0.3, 0.4) is 0 Å². The van der Waals surface area contributed by atoms with E-state index in [1.54, 1.807) is 36.0 Å². The van der Waals surface area contributed by atoms with Crippen LogP contribution in [0.1, 0.15) is 17.8 Å². The van der Waals surface area contributed by atoms with Gasteiger partial charge in [-0.3, -0.25) is 4.79 Å². The second-order valence-electron chi connectivity index (χ2n) is 5.64. The number of imidazole rings is 1. The monoisotopic (exact) mass is 320 g/mol. The first-order valence-electron chi connectivity index (χ1n) is 7.48. The lowest BCUT2D eigenvalue weighted by Gasteiger charge is -2.12. The highest BCUT2D eigenvalue weighted by Crippen LogP contribution is 2.17. The molecule has 1 aromatic carbocycles. The molecule has 7 heteroatoms. The summed E-state index contributed by atoms with van der Waals surface area (Å²) >= 11 is 0. The number of aromatic nitrogens is 2. The van der Waals surface area contributed by atoms with E-state index in [9.17, 15) is 13.6 Å². The average Bonchev–Trinajstić information content (AvgIpc) is 3.14. The molecule has 2 heterocycles. The molecule has 23 heavy (non-hydrogen) atoms. The predicted octanol–water partition coefficient (Wildman–Crippen LogP) is 1.64. The third-order valence-corrected chi connectivity index (χ3v) is 3.96. The van der Waals surface area contributed by atoms with Crippen molar-refractivity contribution in [3.05, 3.63) is 47.8 Å². The van der Waals surface area contributed by atoms with E-state index in [1.165, 1.54) is 6.07 Å². The van der Waals surface area contributed by atoms with Crippen LogP contribution in [0.4, 0.5) is 8.78 Å². The van der Waals surface area contributed by atoms with E-state index in [4.69, 9.17) is 0 Å². The van der Waals surface area contributed by atoms with Crippen LogP contribution in [0.25, 0.3) is 5.69 Å². The number of nitrogens with one attached hydrogen (secondary N) is 2. The van der Waals surface area contributed by atoms with Gasteiger partial charge in [0.2, 0.25) is 5.91 Å². The van der Waals surface area contributed by atoms with Gasteiger partial charge in [-0.05, 0) is 24.6 Å². The first-order chi connectivity index (χ1) is 11.0. The van der Waals surface area contributed by atoms with Gasteiger partial charge in [-0.2, -0.15) is 0 Å². The zero-order valence-corrected chi connectivity index (χ0v) is 12.7. The van der Waals surface area contributed by atoms with Crippen LogP contribution >= 0.6 is 0 Å². The van der Waals surface area contributed by atoms with Gasteiger partial charge in [-0.1, -0.05) is 6.07 Å². The molecule has 0 unspecified atom stereocenters. The highest BCUT2D eigenvalue weighted by atomic mass is 19.1.